The summed E-state index contributed by atoms with van der Waals surface area (Å²) in [6.07, 6.45) is 26.9. The first-order chi connectivity index (χ1) is 48.7. The molecule has 0 spiro atoms. The van der Waals surface area contributed by atoms with Crippen molar-refractivity contribution in [2.75, 3.05) is 4.90 Å². The molecule has 0 radical (unpaired) electrons. The molecule has 1 aliphatic carbocycles. The van der Waals surface area contributed by atoms with E-state index in [2.05, 4.69) is 293 Å². The van der Waals surface area contributed by atoms with Crippen LogP contribution in [0.1, 0.15) is 224 Å². The molecule has 12 rings (SSSR count). The SMILES string of the molecule is CCCCCCCCCCCCc1ccc(-c2nc(-c3ccc(C)cc3)nc(-c3ccc(-c4ccc(N(c5ccc(-c6ccc7c(c6)C(c6ccc(CCCCCC)cc6)(c6ccc(CCCCCC)cc6)c6cc(C)ccc6-7)cc5)c5c(C)cc(C(C)(C)C)cc5C)cc4)cc3)n2)cc1. The lowest BCUT2D eigenvalue weighted by atomic mass is 9.67. The van der Waals surface area contributed by atoms with Crippen LogP contribution in [0.2, 0.25) is 0 Å². The maximum Gasteiger partial charge on any atom is 0.164 e. The van der Waals surface area contributed by atoms with Crippen molar-refractivity contribution < 1.29 is 0 Å². The van der Waals surface area contributed by atoms with E-state index in [4.69, 9.17) is 15.0 Å². The summed E-state index contributed by atoms with van der Waals surface area (Å²) < 4.78 is 0. The Morgan fingerprint density at radius 1 is 0.310 bits per heavy atom. The third-order valence-electron chi connectivity index (χ3n) is 21.3. The number of hydrogen-bond acceptors (Lipinski definition) is 4. The van der Waals surface area contributed by atoms with E-state index in [0.717, 1.165) is 58.5 Å². The first-order valence-corrected chi connectivity index (χ1v) is 38.3. The van der Waals surface area contributed by atoms with Gasteiger partial charge in [-0.05, 0) is 191 Å². The molecule has 1 aliphatic rings. The summed E-state index contributed by atoms with van der Waals surface area (Å²) in [5, 5.41) is 0. The average molecular weight is 1320 g/mol. The maximum absolute atomic E-state index is 5.17. The second-order valence-corrected chi connectivity index (χ2v) is 30.1. The van der Waals surface area contributed by atoms with Crippen LogP contribution in [0, 0.1) is 27.7 Å². The van der Waals surface area contributed by atoms with Crippen molar-refractivity contribution in [3.8, 4) is 67.5 Å². The van der Waals surface area contributed by atoms with Crippen molar-refractivity contribution >= 4 is 17.1 Å². The smallest absolute Gasteiger partial charge is 0.164 e. The number of benzene rings is 10. The molecule has 0 amide bonds. The third-order valence-corrected chi connectivity index (χ3v) is 21.3. The molecule has 0 atom stereocenters. The van der Waals surface area contributed by atoms with Crippen molar-refractivity contribution in [1.82, 2.24) is 15.0 Å². The van der Waals surface area contributed by atoms with Crippen molar-refractivity contribution in [3.63, 3.8) is 0 Å². The van der Waals surface area contributed by atoms with Crippen LogP contribution in [0.25, 0.3) is 67.5 Å². The largest absolute Gasteiger partial charge is 0.310 e. The van der Waals surface area contributed by atoms with E-state index in [-0.39, 0.29) is 5.41 Å². The fourth-order valence-electron chi connectivity index (χ4n) is 15.4. The third kappa shape index (κ3) is 16.4. The van der Waals surface area contributed by atoms with Gasteiger partial charge in [-0.25, -0.2) is 15.0 Å². The van der Waals surface area contributed by atoms with E-state index < -0.39 is 5.41 Å². The molecule has 0 aliphatic heterocycles. The monoisotopic (exact) mass is 1320 g/mol. The molecule has 0 fully saturated rings. The molecule has 11 aromatic rings. The zero-order chi connectivity index (χ0) is 69.6. The van der Waals surface area contributed by atoms with Gasteiger partial charge in [0.05, 0.1) is 11.1 Å². The molecule has 1 heterocycles. The number of anilines is 3. The minimum absolute atomic E-state index is 0.00719. The van der Waals surface area contributed by atoms with Gasteiger partial charge in [-0.1, -0.05) is 337 Å². The molecule has 100 heavy (non-hydrogen) atoms. The molecule has 4 heteroatoms. The molecule has 0 unspecified atom stereocenters. The average Bonchev–Trinajstić information content (AvgIpc) is 1.54. The summed E-state index contributed by atoms with van der Waals surface area (Å²) in [5.41, 5.74) is 29.0. The molecule has 0 saturated carbocycles. The predicted molar refractivity (Wildman–Crippen MR) is 428 cm³/mol. The van der Waals surface area contributed by atoms with Gasteiger partial charge in [0.2, 0.25) is 0 Å². The van der Waals surface area contributed by atoms with Crippen LogP contribution in [0.3, 0.4) is 0 Å². The predicted octanol–water partition coefficient (Wildman–Crippen LogP) is 27.3. The zero-order valence-electron chi connectivity index (χ0n) is 61.9. The Labute approximate surface area is 600 Å². The Hall–Kier alpha value is -8.99. The molecule has 0 saturated heterocycles. The first-order valence-electron chi connectivity index (χ1n) is 38.3. The second kappa shape index (κ2) is 33.0. The van der Waals surface area contributed by atoms with E-state index in [0.29, 0.717) is 17.5 Å². The van der Waals surface area contributed by atoms with Gasteiger partial charge in [0.15, 0.2) is 17.5 Å². The van der Waals surface area contributed by atoms with Crippen LogP contribution < -0.4 is 4.90 Å². The molecule has 0 bridgehead atoms. The van der Waals surface area contributed by atoms with Gasteiger partial charge >= 0.3 is 0 Å². The molecular formula is C96H108N4. The number of unbranched alkanes of at least 4 members (excludes halogenated alkanes) is 15. The Balaban J connectivity index is 0.844. The molecule has 1 aromatic heterocycles. The minimum atomic E-state index is -0.503. The Bertz CT molecular complexity index is 4380. The number of fused-ring (bicyclic) bond motifs is 3. The van der Waals surface area contributed by atoms with Crippen LogP contribution in [-0.4, -0.2) is 15.0 Å². The highest BCUT2D eigenvalue weighted by molar-refractivity contribution is 5.90. The number of nitrogens with zero attached hydrogens (tertiary/aromatic N) is 4. The zero-order valence-corrected chi connectivity index (χ0v) is 61.9. The Morgan fingerprint density at radius 2 is 0.630 bits per heavy atom. The number of aryl methyl sites for hydroxylation is 7. The standard InChI is InChI=1S/C96H108N4/c1-11-14-17-20-21-22-23-24-25-28-31-72-35-43-79(44-36-72)93-97-92(78-41-32-68(4)33-42-78)98-94(99-93)80-47-45-75(46-48-80)76-49-58-85(59-50-76)100(91-70(6)65-84(66-71(91)7)95(8,9)10)86-60-51-77(52-61-86)81-53-63-88-87-62-34-69(5)64-89(87)96(90(88)67-81,82-54-37-73(38-55-82)29-26-18-15-12-2)83-56-39-74(40-57-83)30-27-19-16-13-3/h32-67H,11-31H2,1-10H3. The van der Waals surface area contributed by atoms with E-state index in [1.807, 2.05) is 0 Å². The lowest BCUT2D eigenvalue weighted by Crippen LogP contribution is -2.28. The fourth-order valence-corrected chi connectivity index (χ4v) is 15.4. The van der Waals surface area contributed by atoms with Crippen molar-refractivity contribution in [1.29, 1.82) is 0 Å². The van der Waals surface area contributed by atoms with E-state index in [1.165, 1.54) is 210 Å². The Morgan fingerprint density at radius 3 is 1.06 bits per heavy atom. The topological polar surface area (TPSA) is 41.9 Å². The summed E-state index contributed by atoms with van der Waals surface area (Å²) in [5.74, 6) is 2.02. The molecule has 512 valence electrons. The van der Waals surface area contributed by atoms with Crippen molar-refractivity contribution in [2.24, 2.45) is 0 Å². The maximum atomic E-state index is 5.17. The van der Waals surface area contributed by atoms with Gasteiger partial charge < -0.3 is 4.90 Å². The lowest BCUT2D eigenvalue weighted by molar-refractivity contribution is 0.556. The number of hydrogen-bond donors (Lipinski definition) is 0. The summed E-state index contributed by atoms with van der Waals surface area (Å²) in [4.78, 5) is 17.9. The fraction of sp³-hybridized carbons (Fsp3) is 0.344. The van der Waals surface area contributed by atoms with Crippen LogP contribution in [0.4, 0.5) is 17.1 Å². The van der Waals surface area contributed by atoms with Gasteiger partial charge in [-0.15, -0.1) is 0 Å². The second-order valence-electron chi connectivity index (χ2n) is 30.1. The summed E-state index contributed by atoms with van der Waals surface area (Å²) in [7, 11) is 0. The Kier molecular flexibility index (Phi) is 23.4. The highest BCUT2D eigenvalue weighted by atomic mass is 15.1. The van der Waals surface area contributed by atoms with Crippen LogP contribution in [0.15, 0.2) is 218 Å². The lowest BCUT2D eigenvalue weighted by Gasteiger charge is -2.34. The van der Waals surface area contributed by atoms with Crippen LogP contribution in [-0.2, 0) is 30.1 Å². The van der Waals surface area contributed by atoms with Crippen LogP contribution >= 0.6 is 0 Å². The number of aromatic nitrogens is 3. The summed E-state index contributed by atoms with van der Waals surface area (Å²) >= 11 is 0. The molecule has 0 N–H and O–H groups in total. The quantitative estimate of drug-likeness (QED) is 0.0406. The van der Waals surface area contributed by atoms with Gasteiger partial charge in [0.1, 0.15) is 0 Å². The summed E-state index contributed by atoms with van der Waals surface area (Å²) in [6, 6.07) is 83.4. The molecule has 4 nitrogen and oxygen atoms in total. The van der Waals surface area contributed by atoms with Crippen molar-refractivity contribution in [3.05, 3.63) is 285 Å². The molecule has 10 aromatic carbocycles. The normalized spacial score (nSPS) is 12.4. The summed E-state index contributed by atoms with van der Waals surface area (Å²) in [6.45, 7) is 22.8. The van der Waals surface area contributed by atoms with Gasteiger partial charge in [0, 0.05) is 28.1 Å². The highest BCUT2D eigenvalue weighted by Gasteiger charge is 2.46. The van der Waals surface area contributed by atoms with E-state index >= 15 is 0 Å². The van der Waals surface area contributed by atoms with Crippen molar-refractivity contribution in [2.45, 2.75) is 215 Å². The van der Waals surface area contributed by atoms with Gasteiger partial charge in [-0.2, -0.15) is 0 Å². The van der Waals surface area contributed by atoms with Gasteiger partial charge in [-0.3, -0.25) is 0 Å². The highest BCUT2D eigenvalue weighted by Crippen LogP contribution is 2.57. The molecular weight excluding hydrogens is 1210 g/mol. The number of rotatable bonds is 31. The van der Waals surface area contributed by atoms with E-state index in [9.17, 15) is 0 Å². The van der Waals surface area contributed by atoms with E-state index in [1.54, 1.807) is 0 Å². The van der Waals surface area contributed by atoms with Crippen LogP contribution in [0.5, 0.6) is 0 Å². The first kappa shape index (κ1) is 70.9. The minimum Gasteiger partial charge on any atom is -0.310 e. The van der Waals surface area contributed by atoms with Gasteiger partial charge in [0.25, 0.3) is 0 Å².